The topological polar surface area (TPSA) is 75.7 Å². The monoisotopic (exact) mass is 392 g/mol. The van der Waals surface area contributed by atoms with Crippen molar-refractivity contribution in [1.29, 1.82) is 0 Å². The van der Waals surface area contributed by atoms with Crippen LogP contribution in [0.2, 0.25) is 0 Å². The molecule has 1 aliphatic rings. The molecule has 144 valence electrons. The summed E-state index contributed by atoms with van der Waals surface area (Å²) in [6, 6.07) is 10.4. The Morgan fingerprint density at radius 1 is 1.30 bits per heavy atom. The van der Waals surface area contributed by atoms with Crippen molar-refractivity contribution in [3.8, 4) is 5.75 Å². The van der Waals surface area contributed by atoms with E-state index in [1.54, 1.807) is 31.2 Å². The summed E-state index contributed by atoms with van der Waals surface area (Å²) >= 11 is 0. The van der Waals surface area contributed by atoms with Gasteiger partial charge in [0.1, 0.15) is 16.5 Å². The number of fused-ring (bicyclic) bond motifs is 1. The van der Waals surface area contributed by atoms with Gasteiger partial charge in [-0.3, -0.25) is 9.10 Å². The van der Waals surface area contributed by atoms with Crippen LogP contribution in [0.5, 0.6) is 5.75 Å². The molecule has 27 heavy (non-hydrogen) atoms. The minimum absolute atomic E-state index is 0.234. The van der Waals surface area contributed by atoms with Gasteiger partial charge in [-0.15, -0.1) is 0 Å². The number of carbonyl (C=O) groups is 1. The number of nitrogens with zero attached hydrogens (tertiary/aromatic N) is 1. The van der Waals surface area contributed by atoms with Crippen LogP contribution in [0, 0.1) is 12.7 Å². The third kappa shape index (κ3) is 3.75. The van der Waals surface area contributed by atoms with Crippen molar-refractivity contribution < 1.29 is 22.3 Å². The Bertz CT molecular complexity index is 962. The van der Waals surface area contributed by atoms with E-state index in [0.717, 1.165) is 10.7 Å². The van der Waals surface area contributed by atoms with Crippen LogP contribution in [0.1, 0.15) is 18.9 Å². The van der Waals surface area contributed by atoms with Crippen LogP contribution < -0.4 is 14.4 Å². The predicted octanol–water partition coefficient (Wildman–Crippen LogP) is 2.62. The molecule has 1 N–H and O–H groups in total. The Morgan fingerprint density at radius 2 is 2.04 bits per heavy atom. The molecule has 2 aromatic rings. The predicted molar refractivity (Wildman–Crippen MR) is 99.8 cm³/mol. The number of hydrogen-bond donors (Lipinski definition) is 1. The molecule has 0 radical (unpaired) electrons. The van der Waals surface area contributed by atoms with E-state index in [9.17, 15) is 17.6 Å². The largest absolute Gasteiger partial charge is 0.476 e. The van der Waals surface area contributed by atoms with Gasteiger partial charge in [0.25, 0.3) is 15.9 Å². The average molecular weight is 392 g/mol. The molecule has 0 saturated carbocycles. The molecule has 0 saturated heterocycles. The Hall–Kier alpha value is -2.61. The second-order valence-electron chi connectivity index (χ2n) is 6.34. The first-order chi connectivity index (χ1) is 12.8. The average Bonchev–Trinajstić information content (AvgIpc) is 2.64. The Morgan fingerprint density at radius 3 is 2.74 bits per heavy atom. The van der Waals surface area contributed by atoms with Crippen molar-refractivity contribution >= 4 is 21.6 Å². The molecule has 0 aromatic heterocycles. The van der Waals surface area contributed by atoms with Gasteiger partial charge >= 0.3 is 0 Å². The number of aryl methyl sites for hydroxylation is 1. The van der Waals surface area contributed by atoms with E-state index in [0.29, 0.717) is 12.1 Å². The fraction of sp³-hybridized carbons (Fsp3) is 0.316. The van der Waals surface area contributed by atoms with Gasteiger partial charge in [0.05, 0.1) is 12.2 Å². The molecule has 3 rings (SSSR count). The van der Waals surface area contributed by atoms with Gasteiger partial charge in [0.2, 0.25) is 0 Å². The van der Waals surface area contributed by atoms with Crippen LogP contribution in [-0.4, -0.2) is 33.5 Å². The van der Waals surface area contributed by atoms with Crippen LogP contribution >= 0.6 is 0 Å². The molecule has 1 heterocycles. The molecular formula is C19H21FN2O4S. The second-order valence-corrected chi connectivity index (χ2v) is 8.17. The second kappa shape index (κ2) is 7.56. The van der Waals surface area contributed by atoms with E-state index in [1.165, 1.54) is 18.2 Å². The van der Waals surface area contributed by atoms with E-state index in [1.807, 2.05) is 6.92 Å². The Kier molecular flexibility index (Phi) is 5.36. The lowest BCUT2D eigenvalue weighted by Gasteiger charge is -2.34. The van der Waals surface area contributed by atoms with Crippen LogP contribution in [0.3, 0.4) is 0 Å². The lowest BCUT2D eigenvalue weighted by atomic mass is 10.2. The molecule has 2 aromatic carbocycles. The summed E-state index contributed by atoms with van der Waals surface area (Å²) in [6.45, 7) is 3.81. The zero-order valence-electron chi connectivity index (χ0n) is 15.1. The zero-order chi connectivity index (χ0) is 19.6. The highest BCUT2D eigenvalue weighted by Crippen LogP contribution is 2.37. The molecule has 1 aliphatic heterocycles. The zero-order valence-corrected chi connectivity index (χ0v) is 15.9. The molecule has 8 heteroatoms. The maximum Gasteiger partial charge on any atom is 0.267 e. The lowest BCUT2D eigenvalue weighted by Crippen LogP contribution is -2.50. The van der Waals surface area contributed by atoms with Crippen molar-refractivity contribution in [2.45, 2.75) is 31.3 Å². The first kappa shape index (κ1) is 19.2. The van der Waals surface area contributed by atoms with E-state index >= 15 is 0 Å². The molecule has 6 nitrogen and oxygen atoms in total. The van der Waals surface area contributed by atoms with Gasteiger partial charge in [-0.2, -0.15) is 0 Å². The van der Waals surface area contributed by atoms with Gasteiger partial charge in [0.15, 0.2) is 6.10 Å². The maximum atomic E-state index is 14.4. The van der Waals surface area contributed by atoms with Gasteiger partial charge < -0.3 is 10.1 Å². The molecule has 0 aliphatic carbocycles. The van der Waals surface area contributed by atoms with Crippen LogP contribution in [0.4, 0.5) is 10.1 Å². The van der Waals surface area contributed by atoms with Crippen LogP contribution in [0.15, 0.2) is 47.4 Å². The molecule has 0 bridgehead atoms. The molecule has 1 atom stereocenters. The highest BCUT2D eigenvalue weighted by atomic mass is 32.2. The highest BCUT2D eigenvalue weighted by molar-refractivity contribution is 7.92. The quantitative estimate of drug-likeness (QED) is 0.849. The fourth-order valence-corrected chi connectivity index (χ4v) is 4.39. The molecule has 0 spiro atoms. The van der Waals surface area contributed by atoms with E-state index in [4.69, 9.17) is 4.74 Å². The number of anilines is 1. The van der Waals surface area contributed by atoms with Gasteiger partial charge in [-0.1, -0.05) is 25.1 Å². The van der Waals surface area contributed by atoms with Crippen molar-refractivity contribution in [3.63, 3.8) is 0 Å². The standard InChI is InChI=1S/C19H21FN2O4S/c1-3-10-21-19(23)17-12-22(15-6-4-5-7-16(15)26-17)27(24,25)18-9-8-13(2)11-14(18)20/h4-9,11,17H,3,10,12H2,1-2H3,(H,21,23). The summed E-state index contributed by atoms with van der Waals surface area (Å²) in [7, 11) is -4.21. The summed E-state index contributed by atoms with van der Waals surface area (Å²) in [4.78, 5) is 11.9. The summed E-state index contributed by atoms with van der Waals surface area (Å²) in [5, 5.41) is 2.70. The number of benzene rings is 2. The summed E-state index contributed by atoms with van der Waals surface area (Å²) in [5.41, 5.74) is 0.891. The summed E-state index contributed by atoms with van der Waals surface area (Å²) in [5.74, 6) is -0.974. The van der Waals surface area contributed by atoms with Crippen molar-refractivity contribution in [3.05, 3.63) is 53.8 Å². The van der Waals surface area contributed by atoms with Gasteiger partial charge in [-0.05, 0) is 43.2 Å². The molecule has 1 unspecified atom stereocenters. The fourth-order valence-electron chi connectivity index (χ4n) is 2.86. The minimum Gasteiger partial charge on any atom is -0.476 e. The Labute approximate surface area is 158 Å². The first-order valence-electron chi connectivity index (χ1n) is 8.67. The van der Waals surface area contributed by atoms with E-state index in [-0.39, 0.29) is 18.0 Å². The SMILES string of the molecule is CCCNC(=O)C1CN(S(=O)(=O)c2ccc(C)cc2F)c2ccccc2O1. The van der Waals surface area contributed by atoms with Crippen molar-refractivity contribution in [1.82, 2.24) is 5.32 Å². The maximum absolute atomic E-state index is 14.4. The highest BCUT2D eigenvalue weighted by Gasteiger charge is 2.38. The minimum atomic E-state index is -4.21. The molecular weight excluding hydrogens is 371 g/mol. The number of para-hydroxylation sites is 2. The van der Waals surface area contributed by atoms with Crippen molar-refractivity contribution in [2.75, 3.05) is 17.4 Å². The van der Waals surface area contributed by atoms with Crippen molar-refractivity contribution in [2.24, 2.45) is 0 Å². The number of hydrogen-bond acceptors (Lipinski definition) is 4. The molecule has 1 amide bonds. The number of rotatable bonds is 5. The summed E-state index contributed by atoms with van der Waals surface area (Å²) in [6.07, 6.45) is -0.277. The smallest absolute Gasteiger partial charge is 0.267 e. The van der Waals surface area contributed by atoms with Gasteiger partial charge in [0, 0.05) is 6.54 Å². The lowest BCUT2D eigenvalue weighted by molar-refractivity contribution is -0.127. The third-order valence-corrected chi connectivity index (χ3v) is 6.04. The number of ether oxygens (including phenoxy) is 1. The Balaban J connectivity index is 2.03. The van der Waals surface area contributed by atoms with Crippen LogP contribution in [0.25, 0.3) is 0 Å². The number of sulfonamides is 1. The number of nitrogens with one attached hydrogen (secondary N) is 1. The normalized spacial score (nSPS) is 16.4. The van der Waals surface area contributed by atoms with E-state index in [2.05, 4.69) is 5.32 Å². The van der Waals surface area contributed by atoms with Crippen LogP contribution in [-0.2, 0) is 14.8 Å². The summed E-state index contributed by atoms with van der Waals surface area (Å²) < 4.78 is 47.4. The van der Waals surface area contributed by atoms with Gasteiger partial charge in [-0.25, -0.2) is 12.8 Å². The third-order valence-electron chi connectivity index (χ3n) is 4.23. The molecule has 0 fully saturated rings. The first-order valence-corrected chi connectivity index (χ1v) is 10.1. The number of amides is 1. The van der Waals surface area contributed by atoms with E-state index < -0.39 is 32.7 Å². The number of carbonyl (C=O) groups excluding carboxylic acids is 1. The number of halogens is 1.